The third-order valence-corrected chi connectivity index (χ3v) is 0.974. The van der Waals surface area contributed by atoms with Crippen molar-refractivity contribution in [2.45, 2.75) is 11.7 Å². The molecule has 0 spiro atoms. The average molecular weight is 384 g/mol. The molecule has 0 saturated heterocycles. The molecule has 62 valence electrons. The average Bonchev–Trinajstić information content (AvgIpc) is 1.63. The summed E-state index contributed by atoms with van der Waals surface area (Å²) in [5, 5.41) is 18.0. The van der Waals surface area contributed by atoms with Crippen molar-refractivity contribution >= 4 is 62.3 Å². The van der Waals surface area contributed by atoms with Gasteiger partial charge in [-0.2, -0.15) is 0 Å². The predicted octanol–water partition coefficient (Wildman–Crippen LogP) is -3.59. The molecule has 1 unspecified atom stereocenters. The van der Waals surface area contributed by atoms with E-state index >= 15 is 0 Å². The van der Waals surface area contributed by atoms with E-state index in [4.69, 9.17) is 0 Å². The number of carboxylic acid groups (broad SMARTS) is 2. The fraction of sp³-hybridized carbons (Fsp3) is 0.500. The largest absolute Gasteiger partial charge is 2.00 e. The van der Waals surface area contributed by atoms with Crippen LogP contribution in [-0.4, -0.2) is 54.9 Å². The number of carbonyl (C=O) groups excluding carboxylic acids is 2. The zero-order valence-electron chi connectivity index (χ0n) is 5.33. The van der Waals surface area contributed by atoms with Crippen LogP contribution in [0.15, 0.2) is 0 Å². The van der Waals surface area contributed by atoms with Gasteiger partial charge in [0.2, 0.25) is 0 Å². The molecule has 0 aliphatic rings. The molecule has 0 amide bonds. The minimum Gasteiger partial charge on any atom is -0.783 e. The van der Waals surface area contributed by atoms with Gasteiger partial charge in [-0.15, -0.1) is 5.25 Å². The van der Waals surface area contributed by atoms with Crippen LogP contribution < -0.4 is 10.2 Å². The van der Waals surface area contributed by atoms with E-state index in [1.807, 2.05) is 0 Å². The number of aliphatic carboxylic acids is 2. The van der Waals surface area contributed by atoms with Gasteiger partial charge >= 0.3 is 60.1 Å². The molecule has 0 rings (SSSR count). The Labute approximate surface area is 115 Å². The van der Waals surface area contributed by atoms with Crippen molar-refractivity contribution < 1.29 is 42.2 Å². The van der Waals surface area contributed by atoms with Crippen LogP contribution in [0, 0.1) is 0 Å². The number of carbonyl (C=O) groups is 2. The SMILES string of the molecule is O=C([O-])CC([S-])C(=O)[O-].[Au+].[Ca+2]. The Hall–Kier alpha value is 1.29. The monoisotopic (exact) mass is 384 g/mol. The first kappa shape index (κ1) is 18.2. The van der Waals surface area contributed by atoms with Gasteiger partial charge in [0.25, 0.3) is 0 Å². The fourth-order valence-corrected chi connectivity index (χ4v) is 0.371. The molecule has 0 bridgehead atoms. The summed E-state index contributed by atoms with van der Waals surface area (Å²) in [4.78, 5) is 19.4. The zero-order valence-corrected chi connectivity index (χ0v) is 10.5. The van der Waals surface area contributed by atoms with Crippen molar-refractivity contribution in [3.05, 3.63) is 0 Å². The standard InChI is InChI=1S/C4H6O4S.Au.Ca/c5-3(6)1-2(9)4(7)8;;/h2,9H,1H2,(H,5,6)(H,7,8);;/q;+1;+2/p-3. The molecule has 7 heteroatoms. The fourth-order valence-electron chi connectivity index (χ4n) is 0.235. The van der Waals surface area contributed by atoms with E-state index in [1.54, 1.807) is 0 Å². The smallest absolute Gasteiger partial charge is 0.783 e. The predicted molar refractivity (Wildman–Crippen MR) is 31.5 cm³/mol. The van der Waals surface area contributed by atoms with E-state index < -0.39 is 23.6 Å². The van der Waals surface area contributed by atoms with Crippen molar-refractivity contribution in [3.63, 3.8) is 0 Å². The summed E-state index contributed by atoms with van der Waals surface area (Å²) in [6.45, 7) is 0. The van der Waals surface area contributed by atoms with Crippen LogP contribution in [0.5, 0.6) is 0 Å². The van der Waals surface area contributed by atoms with Crippen LogP contribution in [0.4, 0.5) is 0 Å². The van der Waals surface area contributed by atoms with E-state index in [-0.39, 0.29) is 60.1 Å². The number of hydrogen-bond donors (Lipinski definition) is 0. The third kappa shape index (κ3) is 11.3. The number of hydrogen-bond acceptors (Lipinski definition) is 5. The van der Waals surface area contributed by atoms with Gasteiger partial charge in [0.1, 0.15) is 0 Å². The van der Waals surface area contributed by atoms with E-state index in [2.05, 4.69) is 12.6 Å². The second kappa shape index (κ2) is 9.38. The van der Waals surface area contributed by atoms with Crippen molar-refractivity contribution in [2.24, 2.45) is 0 Å². The molecule has 1 atom stereocenters. The summed E-state index contributed by atoms with van der Waals surface area (Å²) < 4.78 is 0. The van der Waals surface area contributed by atoms with E-state index in [0.29, 0.717) is 0 Å². The first-order chi connectivity index (χ1) is 4.04. The Kier molecular flexibility index (Phi) is 15.5. The molecule has 0 aliphatic heterocycles. The summed E-state index contributed by atoms with van der Waals surface area (Å²) in [5.41, 5.74) is 0. The van der Waals surface area contributed by atoms with Gasteiger partial charge in [-0.1, -0.05) is 0 Å². The van der Waals surface area contributed by atoms with Crippen molar-refractivity contribution in [1.29, 1.82) is 0 Å². The van der Waals surface area contributed by atoms with Gasteiger partial charge in [-0.3, -0.25) is 0 Å². The van der Waals surface area contributed by atoms with Gasteiger partial charge in [0, 0.05) is 11.9 Å². The van der Waals surface area contributed by atoms with E-state index in [0.717, 1.165) is 0 Å². The van der Waals surface area contributed by atoms with Gasteiger partial charge in [-0.05, 0) is 6.42 Å². The molecular weight excluding hydrogens is 381 g/mol. The minimum atomic E-state index is -1.55. The summed E-state index contributed by atoms with van der Waals surface area (Å²) in [5.74, 6) is -3.02. The first-order valence-corrected chi connectivity index (χ1v) is 2.57. The van der Waals surface area contributed by atoms with Crippen LogP contribution in [0.2, 0.25) is 0 Å². The van der Waals surface area contributed by atoms with E-state index in [9.17, 15) is 19.8 Å². The van der Waals surface area contributed by atoms with Gasteiger partial charge in [0.05, 0.1) is 0 Å². The van der Waals surface area contributed by atoms with Crippen LogP contribution in [0.1, 0.15) is 6.42 Å². The molecule has 0 radical (unpaired) electrons. The zero-order chi connectivity index (χ0) is 7.44. The molecule has 0 fully saturated rings. The summed E-state index contributed by atoms with van der Waals surface area (Å²) in [6.07, 6.45) is -0.669. The van der Waals surface area contributed by atoms with Crippen molar-refractivity contribution in [1.82, 2.24) is 0 Å². The summed E-state index contributed by atoms with van der Waals surface area (Å²) in [7, 11) is 0. The summed E-state index contributed by atoms with van der Waals surface area (Å²) in [6, 6.07) is 0. The molecular formula is C4H3AuCaO4S. The van der Waals surface area contributed by atoms with Crippen LogP contribution >= 0.6 is 0 Å². The van der Waals surface area contributed by atoms with Gasteiger partial charge in [0.15, 0.2) is 0 Å². The second-order valence-corrected chi connectivity index (χ2v) is 1.95. The molecule has 0 aromatic heterocycles. The maximum atomic E-state index is 9.73. The maximum Gasteiger partial charge on any atom is 2.00 e. The maximum absolute atomic E-state index is 9.73. The molecule has 11 heavy (non-hydrogen) atoms. The minimum absolute atomic E-state index is 0. The van der Waals surface area contributed by atoms with Crippen molar-refractivity contribution in [2.75, 3.05) is 0 Å². The molecule has 0 aromatic carbocycles. The topological polar surface area (TPSA) is 80.3 Å². The molecule has 0 saturated carbocycles. The van der Waals surface area contributed by atoms with Gasteiger partial charge < -0.3 is 32.4 Å². The second-order valence-electron chi connectivity index (χ2n) is 1.38. The normalized spacial score (nSPS) is 10.3. The number of carboxylic acids is 2. The summed E-state index contributed by atoms with van der Waals surface area (Å²) >= 11 is 4.15. The molecule has 0 aliphatic carbocycles. The van der Waals surface area contributed by atoms with Crippen LogP contribution in [0.3, 0.4) is 0 Å². The third-order valence-electron chi connectivity index (χ3n) is 0.615. The van der Waals surface area contributed by atoms with Crippen LogP contribution in [-0.2, 0) is 44.6 Å². The molecule has 0 heterocycles. The quantitative estimate of drug-likeness (QED) is 0.371. The molecule has 0 aromatic rings. The van der Waals surface area contributed by atoms with E-state index in [1.165, 1.54) is 0 Å². The van der Waals surface area contributed by atoms with Gasteiger partial charge in [-0.25, -0.2) is 0 Å². The van der Waals surface area contributed by atoms with Crippen LogP contribution in [0.25, 0.3) is 0 Å². The Morgan fingerprint density at radius 1 is 1.36 bits per heavy atom. The Balaban J connectivity index is -0.000000320. The number of rotatable bonds is 3. The van der Waals surface area contributed by atoms with Crippen molar-refractivity contribution in [3.8, 4) is 0 Å². The molecule has 0 N–H and O–H groups in total. The first-order valence-electron chi connectivity index (χ1n) is 2.10. The Morgan fingerprint density at radius 2 is 1.73 bits per heavy atom. The Bertz CT molecular complexity index is 142. The Morgan fingerprint density at radius 3 is 1.82 bits per heavy atom. The molecule has 4 nitrogen and oxygen atoms in total.